The van der Waals surface area contributed by atoms with E-state index in [-0.39, 0.29) is 40.6 Å². The number of carbonyl (C=O) groups excluding carboxylic acids is 5. The molecule has 3 saturated carbocycles. The summed E-state index contributed by atoms with van der Waals surface area (Å²) >= 11 is 0. The summed E-state index contributed by atoms with van der Waals surface area (Å²) in [6.07, 6.45) is 7.54. The Balaban J connectivity index is 1.52. The van der Waals surface area contributed by atoms with Crippen LogP contribution in [0.25, 0.3) is 0 Å². The summed E-state index contributed by atoms with van der Waals surface area (Å²) in [5, 5.41) is 8.93. The SMILES string of the molecule is CC(=O)C(=O)C(CC1CC1)NC(=O)[C@@H]1[C@@H]2[C@H](CN1C(=O)[C@@H](NC(=O)NC1(C)CCCCC1)C(C)(C)C)C2(C)C. The number of likely N-dealkylation sites (tertiary alicyclic amines) is 1. The minimum atomic E-state index is -0.862. The topological polar surface area (TPSA) is 125 Å². The smallest absolute Gasteiger partial charge is 0.315 e. The van der Waals surface area contributed by atoms with Gasteiger partial charge < -0.3 is 20.9 Å². The first-order valence-corrected chi connectivity index (χ1v) is 14.8. The Hall–Kier alpha value is -2.45. The Labute approximate surface area is 233 Å². The molecule has 9 nitrogen and oxygen atoms in total. The first-order chi connectivity index (χ1) is 18.0. The molecular weight excluding hydrogens is 496 g/mol. The number of Topliss-reactive ketones (excluding diaryl/α,β-unsaturated/α-hetero) is 2. The van der Waals surface area contributed by atoms with Crippen LogP contribution in [0.4, 0.5) is 4.79 Å². The van der Waals surface area contributed by atoms with E-state index in [0.29, 0.717) is 18.9 Å². The molecule has 4 amide bonds. The molecule has 0 radical (unpaired) electrons. The zero-order chi connectivity index (χ0) is 28.9. The second kappa shape index (κ2) is 10.5. The number of hydrogen-bond acceptors (Lipinski definition) is 5. The lowest BCUT2D eigenvalue weighted by Gasteiger charge is -2.39. The van der Waals surface area contributed by atoms with Crippen molar-refractivity contribution in [3.05, 3.63) is 0 Å². The molecule has 5 atom stereocenters. The van der Waals surface area contributed by atoms with Gasteiger partial charge >= 0.3 is 6.03 Å². The van der Waals surface area contributed by atoms with E-state index in [1.165, 1.54) is 13.3 Å². The van der Waals surface area contributed by atoms with Gasteiger partial charge in [-0.25, -0.2) is 4.79 Å². The van der Waals surface area contributed by atoms with Gasteiger partial charge in [0, 0.05) is 19.0 Å². The van der Waals surface area contributed by atoms with Gasteiger partial charge in [0.25, 0.3) is 0 Å². The average Bonchev–Trinajstić information content (AvgIpc) is 3.68. The van der Waals surface area contributed by atoms with Gasteiger partial charge in [-0.2, -0.15) is 0 Å². The first-order valence-electron chi connectivity index (χ1n) is 14.8. The minimum Gasteiger partial charge on any atom is -0.344 e. The van der Waals surface area contributed by atoms with E-state index in [0.717, 1.165) is 38.5 Å². The van der Waals surface area contributed by atoms with Gasteiger partial charge in [0.1, 0.15) is 12.1 Å². The molecule has 4 rings (SSSR count). The third-order valence-electron chi connectivity index (χ3n) is 9.77. The van der Waals surface area contributed by atoms with Crippen LogP contribution in [0.3, 0.4) is 0 Å². The monoisotopic (exact) mass is 544 g/mol. The highest BCUT2D eigenvalue weighted by atomic mass is 16.2. The summed E-state index contributed by atoms with van der Waals surface area (Å²) < 4.78 is 0. The summed E-state index contributed by atoms with van der Waals surface area (Å²) in [5.41, 5.74) is -0.993. The van der Waals surface area contributed by atoms with Crippen LogP contribution in [-0.2, 0) is 19.2 Å². The van der Waals surface area contributed by atoms with Gasteiger partial charge in [0.15, 0.2) is 5.78 Å². The number of nitrogens with zero attached hydrogens (tertiary/aromatic N) is 1. The second-order valence-electron chi connectivity index (χ2n) is 14.6. The van der Waals surface area contributed by atoms with Crippen molar-refractivity contribution in [2.75, 3.05) is 6.54 Å². The summed E-state index contributed by atoms with van der Waals surface area (Å²) in [6.45, 7) is 13.6. The zero-order valence-corrected chi connectivity index (χ0v) is 24.8. The summed E-state index contributed by atoms with van der Waals surface area (Å²) in [5.74, 6) is -1.35. The van der Waals surface area contributed by atoms with Crippen molar-refractivity contribution in [3.8, 4) is 0 Å². The van der Waals surface area contributed by atoms with Crippen LogP contribution in [0.1, 0.15) is 99.8 Å². The largest absolute Gasteiger partial charge is 0.344 e. The highest BCUT2D eigenvalue weighted by Gasteiger charge is 2.70. The fraction of sp³-hybridized carbons (Fsp3) is 0.833. The predicted octanol–water partition coefficient (Wildman–Crippen LogP) is 3.35. The first kappa shape index (κ1) is 29.5. The third-order valence-corrected chi connectivity index (χ3v) is 9.77. The van der Waals surface area contributed by atoms with Gasteiger partial charge in [-0.05, 0) is 54.8 Å². The molecule has 0 aromatic carbocycles. The maximum atomic E-state index is 14.1. The average molecular weight is 545 g/mol. The van der Waals surface area contributed by atoms with Crippen molar-refractivity contribution >= 4 is 29.4 Å². The van der Waals surface area contributed by atoms with Crippen LogP contribution >= 0.6 is 0 Å². The van der Waals surface area contributed by atoms with Crippen molar-refractivity contribution in [2.24, 2.45) is 28.6 Å². The number of ketones is 2. The standard InChI is InChI=1S/C30H48N4O5/c1-17(35)23(36)20(15-18-11-12-18)31-25(37)22-21-19(29(21,5)6)16-34(22)26(38)24(28(2,3)4)32-27(39)33-30(7)13-9-8-10-14-30/h18-22,24H,8-16H2,1-7H3,(H,31,37)(H2,32,33,39)/t19-,20?,21-,22-,24+/m0/s1. The molecular formula is C30H48N4O5. The zero-order valence-electron chi connectivity index (χ0n) is 24.8. The lowest BCUT2D eigenvalue weighted by molar-refractivity contribution is -0.145. The van der Waals surface area contributed by atoms with Crippen LogP contribution in [0.5, 0.6) is 0 Å². The van der Waals surface area contributed by atoms with Crippen molar-refractivity contribution in [3.63, 3.8) is 0 Å². The van der Waals surface area contributed by atoms with E-state index in [1.807, 2.05) is 20.8 Å². The van der Waals surface area contributed by atoms with E-state index in [2.05, 4.69) is 36.7 Å². The molecule has 4 aliphatic rings. The van der Waals surface area contributed by atoms with E-state index < -0.39 is 35.1 Å². The van der Waals surface area contributed by atoms with Crippen LogP contribution in [-0.4, -0.2) is 64.5 Å². The molecule has 0 aromatic heterocycles. The normalized spacial score (nSPS) is 28.5. The van der Waals surface area contributed by atoms with Crippen LogP contribution in [0.15, 0.2) is 0 Å². The number of carbonyl (C=O) groups is 5. The number of urea groups is 1. The Morgan fingerprint density at radius 3 is 2.10 bits per heavy atom. The van der Waals surface area contributed by atoms with Crippen LogP contribution < -0.4 is 16.0 Å². The van der Waals surface area contributed by atoms with E-state index >= 15 is 0 Å². The molecule has 39 heavy (non-hydrogen) atoms. The van der Waals surface area contributed by atoms with Crippen LogP contribution in [0.2, 0.25) is 0 Å². The predicted molar refractivity (Wildman–Crippen MR) is 148 cm³/mol. The number of fused-ring (bicyclic) bond motifs is 1. The number of amides is 4. The molecule has 1 unspecified atom stereocenters. The lowest BCUT2D eigenvalue weighted by atomic mass is 9.83. The van der Waals surface area contributed by atoms with Gasteiger partial charge in [-0.1, -0.05) is 66.7 Å². The van der Waals surface area contributed by atoms with Crippen LogP contribution in [0, 0.1) is 28.6 Å². The third kappa shape index (κ3) is 6.32. The minimum absolute atomic E-state index is 0.0361. The second-order valence-corrected chi connectivity index (χ2v) is 14.6. The van der Waals surface area contributed by atoms with E-state index in [9.17, 15) is 24.0 Å². The fourth-order valence-corrected chi connectivity index (χ4v) is 6.95. The molecule has 1 aliphatic heterocycles. The lowest BCUT2D eigenvalue weighted by Crippen LogP contribution is -2.62. The molecule has 0 aromatic rings. The van der Waals surface area contributed by atoms with E-state index in [1.54, 1.807) is 4.90 Å². The highest BCUT2D eigenvalue weighted by molar-refractivity contribution is 6.38. The molecule has 3 aliphatic carbocycles. The maximum absolute atomic E-state index is 14.1. The van der Waals surface area contributed by atoms with Crippen molar-refractivity contribution in [2.45, 2.75) is 123 Å². The van der Waals surface area contributed by atoms with Gasteiger partial charge in [-0.3, -0.25) is 19.2 Å². The van der Waals surface area contributed by atoms with Gasteiger partial charge in [0.05, 0.1) is 6.04 Å². The van der Waals surface area contributed by atoms with E-state index in [4.69, 9.17) is 0 Å². The quantitative estimate of drug-likeness (QED) is 0.384. The number of hydrogen-bond donors (Lipinski definition) is 3. The number of piperidine rings is 1. The maximum Gasteiger partial charge on any atom is 0.315 e. The Morgan fingerprint density at radius 1 is 0.949 bits per heavy atom. The fourth-order valence-electron chi connectivity index (χ4n) is 6.95. The Morgan fingerprint density at radius 2 is 1.56 bits per heavy atom. The molecule has 0 spiro atoms. The van der Waals surface area contributed by atoms with Crippen molar-refractivity contribution < 1.29 is 24.0 Å². The number of rotatable bonds is 9. The van der Waals surface area contributed by atoms with Crippen molar-refractivity contribution in [1.29, 1.82) is 0 Å². The highest BCUT2D eigenvalue weighted by Crippen LogP contribution is 2.65. The molecule has 1 saturated heterocycles. The van der Waals surface area contributed by atoms with Gasteiger partial charge in [-0.15, -0.1) is 0 Å². The van der Waals surface area contributed by atoms with Gasteiger partial charge in [0.2, 0.25) is 17.6 Å². The summed E-state index contributed by atoms with van der Waals surface area (Å²) in [6, 6.07) is -2.81. The molecule has 9 heteroatoms. The Bertz CT molecular complexity index is 1020. The number of nitrogens with one attached hydrogen (secondary N) is 3. The molecule has 4 fully saturated rings. The molecule has 218 valence electrons. The molecule has 3 N–H and O–H groups in total. The Kier molecular flexibility index (Phi) is 7.96. The summed E-state index contributed by atoms with van der Waals surface area (Å²) in [7, 11) is 0. The molecule has 1 heterocycles. The molecule has 0 bridgehead atoms. The van der Waals surface area contributed by atoms with Crippen molar-refractivity contribution in [1.82, 2.24) is 20.9 Å². The summed E-state index contributed by atoms with van der Waals surface area (Å²) in [4.78, 5) is 67.1.